The van der Waals surface area contributed by atoms with E-state index in [9.17, 15) is 10.1 Å². The highest BCUT2D eigenvalue weighted by Gasteiger charge is 2.19. The molecule has 0 saturated carbocycles. The molecule has 1 aliphatic heterocycles. The Kier molecular flexibility index (Phi) is 5.78. The number of nitrogens with zero attached hydrogens (tertiary/aromatic N) is 3. The molecule has 0 saturated heterocycles. The third kappa shape index (κ3) is 4.38. The Morgan fingerprint density at radius 1 is 1.03 bits per heavy atom. The Bertz CT molecular complexity index is 1400. The lowest BCUT2D eigenvalue weighted by molar-refractivity contribution is -0.117. The molecule has 7 nitrogen and oxygen atoms in total. The van der Waals surface area contributed by atoms with Crippen LogP contribution in [-0.2, 0) is 11.3 Å². The van der Waals surface area contributed by atoms with Gasteiger partial charge in [-0.1, -0.05) is 48.5 Å². The maximum atomic E-state index is 12.8. The summed E-state index contributed by atoms with van der Waals surface area (Å²) in [5, 5.41) is 17.3. The number of aromatic nitrogens is 2. The minimum Gasteiger partial charge on any atom is -0.454 e. The van der Waals surface area contributed by atoms with Gasteiger partial charge in [0.1, 0.15) is 17.3 Å². The normalized spacial score (nSPS) is 12.3. The van der Waals surface area contributed by atoms with E-state index < -0.39 is 5.91 Å². The number of carbonyl (C=O) groups excluding carboxylic acids is 1. The average molecular weight is 448 g/mol. The number of rotatable bonds is 6. The van der Waals surface area contributed by atoms with Crippen molar-refractivity contribution in [1.29, 1.82) is 5.26 Å². The summed E-state index contributed by atoms with van der Waals surface area (Å²) >= 11 is 0. The van der Waals surface area contributed by atoms with Crippen LogP contribution in [0.25, 0.3) is 23.0 Å². The van der Waals surface area contributed by atoms with E-state index in [1.165, 1.54) is 0 Å². The number of nitrogens with one attached hydrogen (secondary N) is 1. The predicted octanol–water partition coefficient (Wildman–Crippen LogP) is 4.49. The molecule has 166 valence electrons. The first-order valence-electron chi connectivity index (χ1n) is 10.7. The number of benzene rings is 3. The fourth-order valence-electron chi connectivity index (χ4n) is 3.65. The molecular weight excluding hydrogens is 428 g/mol. The van der Waals surface area contributed by atoms with Crippen LogP contribution in [0.1, 0.15) is 11.1 Å². The number of ether oxygens (including phenoxy) is 2. The van der Waals surface area contributed by atoms with Crippen LogP contribution in [0, 0.1) is 11.3 Å². The second-order valence-electron chi connectivity index (χ2n) is 7.62. The molecule has 0 fully saturated rings. The number of nitriles is 1. The monoisotopic (exact) mass is 448 g/mol. The molecule has 0 aliphatic carbocycles. The third-order valence-corrected chi connectivity index (χ3v) is 5.37. The quantitative estimate of drug-likeness (QED) is 0.347. The van der Waals surface area contributed by atoms with Crippen molar-refractivity contribution >= 4 is 12.0 Å². The van der Waals surface area contributed by atoms with Gasteiger partial charge in [-0.3, -0.25) is 4.79 Å². The van der Waals surface area contributed by atoms with Crippen LogP contribution in [-0.4, -0.2) is 22.5 Å². The minimum atomic E-state index is -0.449. The molecule has 5 rings (SSSR count). The highest BCUT2D eigenvalue weighted by molar-refractivity contribution is 6.02. The molecule has 3 aromatic carbocycles. The van der Waals surface area contributed by atoms with Crippen LogP contribution < -0.4 is 14.8 Å². The van der Waals surface area contributed by atoms with Gasteiger partial charge in [-0.05, 0) is 42.0 Å². The number of hydrogen-bond donors (Lipinski definition) is 1. The summed E-state index contributed by atoms with van der Waals surface area (Å²) in [6.45, 7) is 0.501. The van der Waals surface area contributed by atoms with Crippen molar-refractivity contribution < 1.29 is 14.3 Å². The lowest BCUT2D eigenvalue weighted by Crippen LogP contribution is -2.23. The zero-order chi connectivity index (χ0) is 23.3. The second-order valence-corrected chi connectivity index (χ2v) is 7.62. The first-order valence-corrected chi connectivity index (χ1v) is 10.7. The summed E-state index contributed by atoms with van der Waals surface area (Å²) in [5.74, 6) is 0.847. The largest absolute Gasteiger partial charge is 0.454 e. The molecular formula is C27H20N4O3. The maximum absolute atomic E-state index is 12.8. The fourth-order valence-corrected chi connectivity index (χ4v) is 3.65. The lowest BCUT2D eigenvalue weighted by atomic mass is 10.1. The first kappa shape index (κ1) is 21.0. The predicted molar refractivity (Wildman–Crippen MR) is 127 cm³/mol. The Hall–Kier alpha value is -4.83. The van der Waals surface area contributed by atoms with Gasteiger partial charge in [0.05, 0.1) is 5.69 Å². The van der Waals surface area contributed by atoms with E-state index in [0.29, 0.717) is 29.3 Å². The molecule has 0 atom stereocenters. The SMILES string of the molecule is N#C/C(=C\c1cn(-c2ccccc2)nc1-c1ccc2c(c1)OCO2)C(=O)NCc1ccccc1. The molecule has 0 radical (unpaired) electrons. The van der Waals surface area contributed by atoms with Crippen molar-refractivity contribution in [3.05, 3.63) is 102 Å². The Balaban J connectivity index is 1.51. The van der Waals surface area contributed by atoms with E-state index in [1.54, 1.807) is 17.0 Å². The summed E-state index contributed by atoms with van der Waals surface area (Å²) in [5.41, 5.74) is 3.83. The Morgan fingerprint density at radius 2 is 1.76 bits per heavy atom. The molecule has 1 amide bonds. The van der Waals surface area contributed by atoms with Gasteiger partial charge in [0, 0.05) is 23.9 Å². The van der Waals surface area contributed by atoms with E-state index in [1.807, 2.05) is 84.9 Å². The zero-order valence-electron chi connectivity index (χ0n) is 18.1. The van der Waals surface area contributed by atoms with Gasteiger partial charge in [-0.25, -0.2) is 4.68 Å². The molecule has 7 heteroatoms. The number of carbonyl (C=O) groups is 1. The standard InChI is InChI=1S/C27H20N4O3/c28-15-21(27(32)29-16-19-7-3-1-4-8-19)13-22-17-31(23-9-5-2-6-10-23)30-26(22)20-11-12-24-25(14-20)34-18-33-24/h1-14,17H,16,18H2,(H,29,32)/b21-13+. The number of amides is 1. The third-order valence-electron chi connectivity index (χ3n) is 5.37. The van der Waals surface area contributed by atoms with Crippen LogP contribution in [0.5, 0.6) is 11.5 Å². The number of hydrogen-bond acceptors (Lipinski definition) is 5. The minimum absolute atomic E-state index is 0.00876. The van der Waals surface area contributed by atoms with Crippen molar-refractivity contribution in [2.75, 3.05) is 6.79 Å². The topological polar surface area (TPSA) is 89.2 Å². The van der Waals surface area contributed by atoms with E-state index in [0.717, 1.165) is 16.8 Å². The van der Waals surface area contributed by atoms with E-state index in [2.05, 4.69) is 5.32 Å². The maximum Gasteiger partial charge on any atom is 0.262 e. The van der Waals surface area contributed by atoms with Crippen LogP contribution in [0.2, 0.25) is 0 Å². The average Bonchev–Trinajstić information content (AvgIpc) is 3.53. The molecule has 1 aromatic heterocycles. The summed E-state index contributed by atoms with van der Waals surface area (Å²) in [6, 6.07) is 26.7. The Morgan fingerprint density at radius 3 is 2.53 bits per heavy atom. The van der Waals surface area contributed by atoms with Crippen molar-refractivity contribution in [3.8, 4) is 34.5 Å². The van der Waals surface area contributed by atoms with Crippen LogP contribution in [0.4, 0.5) is 0 Å². The zero-order valence-corrected chi connectivity index (χ0v) is 18.1. The molecule has 4 aromatic rings. The van der Waals surface area contributed by atoms with Crippen molar-refractivity contribution in [2.45, 2.75) is 6.54 Å². The van der Waals surface area contributed by atoms with Gasteiger partial charge >= 0.3 is 0 Å². The summed E-state index contributed by atoms with van der Waals surface area (Å²) < 4.78 is 12.7. The van der Waals surface area contributed by atoms with Crippen molar-refractivity contribution in [3.63, 3.8) is 0 Å². The van der Waals surface area contributed by atoms with E-state index in [4.69, 9.17) is 14.6 Å². The molecule has 2 heterocycles. The van der Waals surface area contributed by atoms with E-state index >= 15 is 0 Å². The van der Waals surface area contributed by atoms with Gasteiger partial charge in [0.2, 0.25) is 6.79 Å². The first-order chi connectivity index (χ1) is 16.7. The van der Waals surface area contributed by atoms with Gasteiger partial charge in [-0.2, -0.15) is 10.4 Å². The van der Waals surface area contributed by atoms with Crippen molar-refractivity contribution in [2.24, 2.45) is 0 Å². The van der Waals surface area contributed by atoms with Gasteiger partial charge < -0.3 is 14.8 Å². The van der Waals surface area contributed by atoms with Crippen LogP contribution >= 0.6 is 0 Å². The molecule has 1 aliphatic rings. The smallest absolute Gasteiger partial charge is 0.262 e. The lowest BCUT2D eigenvalue weighted by Gasteiger charge is -2.05. The van der Waals surface area contributed by atoms with Crippen LogP contribution in [0.3, 0.4) is 0 Å². The highest BCUT2D eigenvalue weighted by Crippen LogP contribution is 2.37. The Labute approximate surface area is 196 Å². The summed E-state index contributed by atoms with van der Waals surface area (Å²) in [4.78, 5) is 12.8. The molecule has 34 heavy (non-hydrogen) atoms. The fraction of sp³-hybridized carbons (Fsp3) is 0.0741. The van der Waals surface area contributed by atoms with Crippen LogP contribution in [0.15, 0.2) is 90.6 Å². The van der Waals surface area contributed by atoms with E-state index in [-0.39, 0.29) is 12.4 Å². The summed E-state index contributed by atoms with van der Waals surface area (Å²) in [7, 11) is 0. The molecule has 1 N–H and O–H groups in total. The van der Waals surface area contributed by atoms with Crippen molar-refractivity contribution in [1.82, 2.24) is 15.1 Å². The van der Waals surface area contributed by atoms with Gasteiger partial charge in [-0.15, -0.1) is 0 Å². The number of para-hydroxylation sites is 1. The molecule has 0 unspecified atom stereocenters. The number of fused-ring (bicyclic) bond motifs is 1. The van der Waals surface area contributed by atoms with Gasteiger partial charge in [0.15, 0.2) is 11.5 Å². The second kappa shape index (κ2) is 9.35. The molecule has 0 bridgehead atoms. The molecule has 0 spiro atoms. The highest BCUT2D eigenvalue weighted by atomic mass is 16.7. The van der Waals surface area contributed by atoms with Gasteiger partial charge in [0.25, 0.3) is 5.91 Å². The summed E-state index contributed by atoms with van der Waals surface area (Å²) in [6.07, 6.45) is 3.36.